The van der Waals surface area contributed by atoms with Gasteiger partial charge in [0.15, 0.2) is 5.96 Å². The molecule has 7 heteroatoms. The van der Waals surface area contributed by atoms with Crippen molar-refractivity contribution in [2.24, 2.45) is 10.9 Å². The number of halogens is 2. The van der Waals surface area contributed by atoms with Gasteiger partial charge in [0.25, 0.3) is 0 Å². The van der Waals surface area contributed by atoms with Crippen molar-refractivity contribution >= 4 is 51.8 Å². The van der Waals surface area contributed by atoms with Crippen molar-refractivity contribution in [1.82, 2.24) is 10.2 Å². The van der Waals surface area contributed by atoms with Crippen LogP contribution in [0.25, 0.3) is 0 Å². The Morgan fingerprint density at radius 3 is 2.62 bits per heavy atom. The molecule has 1 saturated heterocycles. The quantitative estimate of drug-likeness (QED) is 0.296. The van der Waals surface area contributed by atoms with Gasteiger partial charge in [0.05, 0.1) is 5.92 Å². The summed E-state index contributed by atoms with van der Waals surface area (Å²) < 4.78 is 6.30. The highest BCUT2D eigenvalue weighted by Gasteiger charge is 2.33. The molecule has 0 radical (unpaired) electrons. The van der Waals surface area contributed by atoms with E-state index in [2.05, 4.69) is 37.7 Å². The van der Waals surface area contributed by atoms with E-state index < -0.39 is 5.60 Å². The number of nitrogens with one attached hydrogen (secondary N) is 1. The lowest BCUT2D eigenvalue weighted by Crippen LogP contribution is -2.41. The Kier molecular flexibility index (Phi) is 8.84. The van der Waals surface area contributed by atoms with E-state index in [1.807, 2.05) is 20.8 Å². The minimum Gasteiger partial charge on any atom is -0.460 e. The summed E-state index contributed by atoms with van der Waals surface area (Å²) in [6.07, 6.45) is 0.797. The largest absolute Gasteiger partial charge is 0.460 e. The molecule has 1 aliphatic heterocycles. The molecule has 0 bridgehead atoms. The van der Waals surface area contributed by atoms with E-state index in [9.17, 15) is 4.79 Å². The lowest BCUT2D eigenvalue weighted by Gasteiger charge is -2.23. The lowest BCUT2D eigenvalue weighted by molar-refractivity contribution is -0.159. The second kappa shape index (κ2) is 8.97. The second-order valence-corrected chi connectivity index (χ2v) is 7.00. The van der Waals surface area contributed by atoms with Gasteiger partial charge in [-0.1, -0.05) is 22.5 Å². The molecular weight excluding hydrogens is 449 g/mol. The molecule has 0 aromatic carbocycles. The Hall–Kier alpha value is -0.310. The van der Waals surface area contributed by atoms with Crippen LogP contribution in [0.3, 0.4) is 0 Å². The van der Waals surface area contributed by atoms with Crippen molar-refractivity contribution < 1.29 is 9.53 Å². The number of carbonyl (C=O) groups excluding carboxylic acids is 1. The summed E-state index contributed by atoms with van der Waals surface area (Å²) in [6.45, 7) is 11.5. The summed E-state index contributed by atoms with van der Waals surface area (Å²) in [7, 11) is 1.74. The number of rotatable bonds is 3. The highest BCUT2D eigenvalue weighted by atomic mass is 127. The zero-order valence-electron chi connectivity index (χ0n) is 13.1. The molecule has 122 valence electrons. The smallest absolute Gasteiger partial charge is 0.311 e. The molecule has 0 aliphatic carbocycles. The molecule has 21 heavy (non-hydrogen) atoms. The standard InChI is InChI=1S/C14H24BrN3O2.HI/c1-10(15)8-17-13(16-5)18-7-6-11(9-18)12(19)20-14(2,3)4;/h11H,1,6-9H2,2-5H3,(H,16,17);1H. The van der Waals surface area contributed by atoms with Gasteiger partial charge in [-0.2, -0.15) is 0 Å². The van der Waals surface area contributed by atoms with E-state index in [4.69, 9.17) is 4.74 Å². The molecule has 1 rings (SSSR count). The van der Waals surface area contributed by atoms with E-state index in [1.54, 1.807) is 7.05 Å². The monoisotopic (exact) mass is 473 g/mol. The van der Waals surface area contributed by atoms with Gasteiger partial charge in [-0.3, -0.25) is 9.79 Å². The van der Waals surface area contributed by atoms with Crippen molar-refractivity contribution in [3.05, 3.63) is 11.1 Å². The van der Waals surface area contributed by atoms with Crippen LogP contribution in [0, 0.1) is 5.92 Å². The number of hydrogen-bond donors (Lipinski definition) is 1. The van der Waals surface area contributed by atoms with E-state index in [-0.39, 0.29) is 35.9 Å². The van der Waals surface area contributed by atoms with Crippen LogP contribution in [0.5, 0.6) is 0 Å². The number of hydrogen-bond acceptors (Lipinski definition) is 3. The summed E-state index contributed by atoms with van der Waals surface area (Å²) in [6, 6.07) is 0. The molecule has 0 spiro atoms. The summed E-state index contributed by atoms with van der Waals surface area (Å²) >= 11 is 3.30. The molecule has 1 fully saturated rings. The fourth-order valence-corrected chi connectivity index (χ4v) is 2.18. The van der Waals surface area contributed by atoms with E-state index >= 15 is 0 Å². The molecule has 0 aromatic rings. The molecule has 1 N–H and O–H groups in total. The average molecular weight is 474 g/mol. The Balaban J connectivity index is 0.00000400. The maximum absolute atomic E-state index is 12.1. The first-order valence-electron chi connectivity index (χ1n) is 6.74. The van der Waals surface area contributed by atoms with Crippen molar-refractivity contribution in [2.75, 3.05) is 26.7 Å². The van der Waals surface area contributed by atoms with Gasteiger partial charge < -0.3 is 15.0 Å². The van der Waals surface area contributed by atoms with Crippen LogP contribution in [0.15, 0.2) is 16.1 Å². The molecule has 0 saturated carbocycles. The summed E-state index contributed by atoms with van der Waals surface area (Å²) in [4.78, 5) is 18.4. The number of aliphatic imine (C=N–C) groups is 1. The Morgan fingerprint density at radius 2 is 2.14 bits per heavy atom. The maximum Gasteiger partial charge on any atom is 0.311 e. The number of nitrogens with zero attached hydrogens (tertiary/aromatic N) is 2. The van der Waals surface area contributed by atoms with Crippen LogP contribution in [0.1, 0.15) is 27.2 Å². The number of likely N-dealkylation sites (tertiary alicyclic amines) is 1. The third kappa shape index (κ3) is 7.49. The molecular formula is C14H25BrIN3O2. The molecule has 1 heterocycles. The predicted molar refractivity (Wildman–Crippen MR) is 100 cm³/mol. The van der Waals surface area contributed by atoms with Gasteiger partial charge in [0.1, 0.15) is 5.60 Å². The van der Waals surface area contributed by atoms with Gasteiger partial charge in [-0.05, 0) is 27.2 Å². The fraction of sp³-hybridized carbons (Fsp3) is 0.714. The third-order valence-electron chi connectivity index (χ3n) is 2.88. The maximum atomic E-state index is 12.1. The molecule has 1 aliphatic rings. The summed E-state index contributed by atoms with van der Waals surface area (Å²) in [5.41, 5.74) is -0.432. The topological polar surface area (TPSA) is 53.9 Å². The lowest BCUT2D eigenvalue weighted by atomic mass is 10.1. The van der Waals surface area contributed by atoms with Crippen molar-refractivity contribution in [2.45, 2.75) is 32.8 Å². The van der Waals surface area contributed by atoms with Crippen LogP contribution in [-0.2, 0) is 9.53 Å². The number of carbonyl (C=O) groups is 1. The third-order valence-corrected chi connectivity index (χ3v) is 3.16. The zero-order chi connectivity index (χ0) is 15.3. The van der Waals surface area contributed by atoms with Crippen LogP contribution in [0.2, 0.25) is 0 Å². The van der Waals surface area contributed by atoms with Gasteiger partial charge in [0.2, 0.25) is 0 Å². The SMILES string of the molecule is C=C(Br)CNC(=NC)N1CCC(C(=O)OC(C)(C)C)C1.I. The van der Waals surface area contributed by atoms with Crippen LogP contribution in [0.4, 0.5) is 0 Å². The van der Waals surface area contributed by atoms with Crippen LogP contribution in [-0.4, -0.2) is 49.1 Å². The zero-order valence-corrected chi connectivity index (χ0v) is 17.0. The number of esters is 1. The minimum atomic E-state index is -0.432. The second-order valence-electron chi connectivity index (χ2n) is 5.88. The van der Waals surface area contributed by atoms with Crippen LogP contribution >= 0.6 is 39.9 Å². The van der Waals surface area contributed by atoms with E-state index in [0.29, 0.717) is 13.1 Å². The number of guanidine groups is 1. The highest BCUT2D eigenvalue weighted by Crippen LogP contribution is 2.20. The molecule has 1 unspecified atom stereocenters. The predicted octanol–water partition coefficient (Wildman–Crippen LogP) is 2.75. The molecule has 0 aromatic heterocycles. The van der Waals surface area contributed by atoms with Crippen molar-refractivity contribution in [3.8, 4) is 0 Å². The van der Waals surface area contributed by atoms with Gasteiger partial charge in [-0.25, -0.2) is 0 Å². The van der Waals surface area contributed by atoms with Gasteiger partial charge in [-0.15, -0.1) is 24.0 Å². The van der Waals surface area contributed by atoms with Gasteiger partial charge in [0, 0.05) is 31.2 Å². The highest BCUT2D eigenvalue weighted by molar-refractivity contribution is 14.0. The Bertz CT molecular complexity index is 408. The van der Waals surface area contributed by atoms with Crippen LogP contribution < -0.4 is 5.32 Å². The van der Waals surface area contributed by atoms with Crippen molar-refractivity contribution in [1.29, 1.82) is 0 Å². The minimum absolute atomic E-state index is 0. The molecule has 0 amide bonds. The summed E-state index contributed by atoms with van der Waals surface area (Å²) in [5.74, 6) is 0.581. The van der Waals surface area contributed by atoms with E-state index in [0.717, 1.165) is 23.4 Å². The Labute approximate surface area is 152 Å². The first-order valence-corrected chi connectivity index (χ1v) is 7.54. The average Bonchev–Trinajstić information content (AvgIpc) is 2.76. The fourth-order valence-electron chi connectivity index (χ4n) is 2.04. The van der Waals surface area contributed by atoms with Crippen molar-refractivity contribution in [3.63, 3.8) is 0 Å². The first-order chi connectivity index (χ1) is 9.23. The first kappa shape index (κ1) is 20.7. The van der Waals surface area contributed by atoms with E-state index in [1.165, 1.54) is 0 Å². The Morgan fingerprint density at radius 1 is 1.52 bits per heavy atom. The molecule has 5 nitrogen and oxygen atoms in total. The van der Waals surface area contributed by atoms with Gasteiger partial charge >= 0.3 is 5.97 Å². The number of ether oxygens (including phenoxy) is 1. The summed E-state index contributed by atoms with van der Waals surface area (Å²) in [5, 5.41) is 3.20. The molecule has 1 atom stereocenters. The normalized spacial score (nSPS) is 19.0.